The van der Waals surface area contributed by atoms with Crippen LogP contribution in [0.5, 0.6) is 5.75 Å². The highest BCUT2D eigenvalue weighted by molar-refractivity contribution is 7.89. The molecule has 140 valence electrons. The molecule has 0 aliphatic rings. The van der Waals surface area contributed by atoms with Crippen LogP contribution in [0.2, 0.25) is 0 Å². The molecule has 1 amide bonds. The third kappa shape index (κ3) is 5.90. The largest absolute Gasteiger partial charge is 0.492 e. The molecule has 3 N–H and O–H groups in total. The van der Waals surface area contributed by atoms with Gasteiger partial charge < -0.3 is 19.2 Å². The Hall–Kier alpha value is -2.85. The summed E-state index contributed by atoms with van der Waals surface area (Å²) in [5.74, 6) is -1.20. The van der Waals surface area contributed by atoms with Crippen LogP contribution in [0.1, 0.15) is 16.1 Å². The van der Waals surface area contributed by atoms with Crippen LogP contribution >= 0.6 is 0 Å². The van der Waals surface area contributed by atoms with Gasteiger partial charge in [0.05, 0.1) is 6.54 Å². The Bertz CT molecular complexity index is 890. The monoisotopic (exact) mass is 382 g/mol. The molecule has 1 aromatic carbocycles. The molecule has 26 heavy (non-hydrogen) atoms. The molecule has 1 aromatic heterocycles. The third-order valence-corrected chi connectivity index (χ3v) is 3.86. The van der Waals surface area contributed by atoms with E-state index in [-0.39, 0.29) is 18.9 Å². The second-order valence-corrected chi connectivity index (χ2v) is 6.75. The molecule has 2 aromatic rings. The molecule has 0 aliphatic heterocycles. The number of amides is 1. The Balaban J connectivity index is 1.69. The molecule has 0 saturated carbocycles. The molecule has 0 aliphatic carbocycles. The maximum absolute atomic E-state index is 11.7. The summed E-state index contributed by atoms with van der Waals surface area (Å²) < 4.78 is 37.1. The number of hydrogen-bond acceptors (Lipinski definition) is 7. The number of ether oxygens (including phenoxy) is 2. The number of hydrogen-bond donors (Lipinski definition) is 2. The lowest BCUT2D eigenvalue weighted by molar-refractivity contribution is -0.124. The van der Waals surface area contributed by atoms with E-state index in [2.05, 4.69) is 5.32 Å². The topological polar surface area (TPSA) is 138 Å². The minimum atomic E-state index is -4.06. The van der Waals surface area contributed by atoms with Gasteiger partial charge in [0, 0.05) is 0 Å². The van der Waals surface area contributed by atoms with Gasteiger partial charge in [-0.2, -0.15) is 0 Å². The van der Waals surface area contributed by atoms with Crippen LogP contribution < -0.4 is 15.2 Å². The minimum absolute atomic E-state index is 0.223. The first-order valence-electron chi connectivity index (χ1n) is 7.51. The molecule has 0 unspecified atom stereocenters. The van der Waals surface area contributed by atoms with Crippen molar-refractivity contribution in [1.29, 1.82) is 0 Å². The second kappa shape index (κ2) is 8.50. The van der Waals surface area contributed by atoms with Gasteiger partial charge in [0.15, 0.2) is 6.61 Å². The SMILES string of the molecule is Cc1cccc(OCCNC(=O)COC(=O)c2ccc(S(N)(=O)=O)o2)c1. The summed E-state index contributed by atoms with van der Waals surface area (Å²) in [6.45, 7) is 1.86. The summed E-state index contributed by atoms with van der Waals surface area (Å²) in [7, 11) is -4.06. The number of nitrogens with two attached hydrogens (primary N) is 1. The zero-order valence-corrected chi connectivity index (χ0v) is 14.7. The van der Waals surface area contributed by atoms with Gasteiger partial charge in [-0.15, -0.1) is 0 Å². The van der Waals surface area contributed by atoms with Gasteiger partial charge in [-0.1, -0.05) is 12.1 Å². The van der Waals surface area contributed by atoms with Crippen molar-refractivity contribution in [2.24, 2.45) is 5.14 Å². The summed E-state index contributed by atoms with van der Waals surface area (Å²) in [5, 5.41) is 6.81. The van der Waals surface area contributed by atoms with E-state index >= 15 is 0 Å². The highest BCUT2D eigenvalue weighted by Gasteiger charge is 2.19. The Morgan fingerprint density at radius 3 is 2.65 bits per heavy atom. The van der Waals surface area contributed by atoms with Crippen LogP contribution in [-0.2, 0) is 19.6 Å². The zero-order chi connectivity index (χ0) is 19.2. The first kappa shape index (κ1) is 19.5. The number of esters is 1. The fourth-order valence-corrected chi connectivity index (χ4v) is 2.36. The van der Waals surface area contributed by atoms with E-state index in [1.807, 2.05) is 25.1 Å². The van der Waals surface area contributed by atoms with Crippen LogP contribution in [0.3, 0.4) is 0 Å². The quantitative estimate of drug-likeness (QED) is 0.503. The Labute approximate surface area is 150 Å². The van der Waals surface area contributed by atoms with E-state index in [9.17, 15) is 18.0 Å². The molecule has 10 heteroatoms. The maximum Gasteiger partial charge on any atom is 0.374 e. The van der Waals surface area contributed by atoms with Crippen molar-refractivity contribution in [3.05, 3.63) is 47.7 Å². The summed E-state index contributed by atoms with van der Waals surface area (Å²) in [6.07, 6.45) is 0. The number of primary sulfonamides is 1. The molecular weight excluding hydrogens is 364 g/mol. The van der Waals surface area contributed by atoms with Crippen molar-refractivity contribution in [2.45, 2.75) is 12.0 Å². The first-order valence-corrected chi connectivity index (χ1v) is 9.06. The van der Waals surface area contributed by atoms with Gasteiger partial charge >= 0.3 is 5.97 Å². The van der Waals surface area contributed by atoms with Crippen LogP contribution in [0, 0.1) is 6.92 Å². The van der Waals surface area contributed by atoms with Crippen molar-refractivity contribution in [3.63, 3.8) is 0 Å². The molecule has 0 spiro atoms. The number of benzene rings is 1. The van der Waals surface area contributed by atoms with E-state index in [1.54, 1.807) is 6.07 Å². The summed E-state index contributed by atoms with van der Waals surface area (Å²) in [4.78, 5) is 23.3. The highest BCUT2D eigenvalue weighted by Crippen LogP contribution is 2.13. The number of rotatable bonds is 8. The van der Waals surface area contributed by atoms with E-state index in [4.69, 9.17) is 19.0 Å². The van der Waals surface area contributed by atoms with Crippen LogP contribution in [-0.4, -0.2) is 40.1 Å². The number of carbonyl (C=O) groups is 2. The Morgan fingerprint density at radius 1 is 1.23 bits per heavy atom. The van der Waals surface area contributed by atoms with Crippen molar-refractivity contribution in [1.82, 2.24) is 5.32 Å². The van der Waals surface area contributed by atoms with E-state index in [1.165, 1.54) is 0 Å². The highest BCUT2D eigenvalue weighted by atomic mass is 32.2. The average Bonchev–Trinajstić information content (AvgIpc) is 3.07. The fourth-order valence-electron chi connectivity index (χ4n) is 1.90. The molecule has 0 fully saturated rings. The molecule has 2 rings (SSSR count). The van der Waals surface area contributed by atoms with Gasteiger partial charge in [-0.05, 0) is 36.8 Å². The second-order valence-electron chi connectivity index (χ2n) is 5.25. The van der Waals surface area contributed by atoms with Gasteiger partial charge in [-0.25, -0.2) is 18.4 Å². The maximum atomic E-state index is 11.7. The van der Waals surface area contributed by atoms with Gasteiger partial charge in [0.25, 0.3) is 15.9 Å². The number of furan rings is 1. The summed E-state index contributed by atoms with van der Waals surface area (Å²) in [6, 6.07) is 9.58. The van der Waals surface area contributed by atoms with Crippen LogP contribution in [0.15, 0.2) is 45.9 Å². The smallest absolute Gasteiger partial charge is 0.374 e. The summed E-state index contributed by atoms with van der Waals surface area (Å²) >= 11 is 0. The Morgan fingerprint density at radius 2 is 2.00 bits per heavy atom. The van der Waals surface area contributed by atoms with Gasteiger partial charge in [0.2, 0.25) is 10.9 Å². The lowest BCUT2D eigenvalue weighted by Crippen LogP contribution is -2.32. The predicted molar refractivity (Wildman–Crippen MR) is 90.0 cm³/mol. The third-order valence-electron chi connectivity index (χ3n) is 3.08. The number of carbonyl (C=O) groups excluding carboxylic acids is 2. The van der Waals surface area contributed by atoms with Gasteiger partial charge in [0.1, 0.15) is 12.4 Å². The van der Waals surface area contributed by atoms with Crippen molar-refractivity contribution in [3.8, 4) is 5.75 Å². The number of sulfonamides is 1. The molecule has 1 heterocycles. The molecule has 0 radical (unpaired) electrons. The van der Waals surface area contributed by atoms with Crippen molar-refractivity contribution in [2.75, 3.05) is 19.8 Å². The van der Waals surface area contributed by atoms with E-state index in [0.29, 0.717) is 5.75 Å². The number of nitrogens with one attached hydrogen (secondary N) is 1. The predicted octanol–water partition coefficient (Wildman–Crippen LogP) is 0.587. The van der Waals surface area contributed by atoms with Crippen LogP contribution in [0.4, 0.5) is 0 Å². The molecule has 0 bridgehead atoms. The fraction of sp³-hybridized carbons (Fsp3) is 0.250. The lowest BCUT2D eigenvalue weighted by Gasteiger charge is -2.08. The van der Waals surface area contributed by atoms with E-state index in [0.717, 1.165) is 17.7 Å². The molecular formula is C16H18N2O7S. The average molecular weight is 382 g/mol. The first-order chi connectivity index (χ1) is 12.3. The molecule has 0 atom stereocenters. The normalized spacial score (nSPS) is 11.0. The Kier molecular flexibility index (Phi) is 6.36. The summed E-state index contributed by atoms with van der Waals surface area (Å²) in [5.41, 5.74) is 1.06. The van der Waals surface area contributed by atoms with Crippen LogP contribution in [0.25, 0.3) is 0 Å². The molecule has 0 saturated heterocycles. The minimum Gasteiger partial charge on any atom is -0.492 e. The lowest BCUT2D eigenvalue weighted by atomic mass is 10.2. The van der Waals surface area contributed by atoms with E-state index < -0.39 is 33.6 Å². The number of aryl methyl sites for hydroxylation is 1. The van der Waals surface area contributed by atoms with Crippen molar-refractivity contribution < 1.29 is 31.9 Å². The molecule has 9 nitrogen and oxygen atoms in total. The van der Waals surface area contributed by atoms with Crippen molar-refractivity contribution >= 4 is 21.9 Å². The van der Waals surface area contributed by atoms with Gasteiger partial charge in [-0.3, -0.25) is 4.79 Å². The standard InChI is InChI=1S/C16H18N2O7S/c1-11-3-2-4-12(9-11)23-8-7-18-14(19)10-24-16(20)13-5-6-15(25-13)26(17,21)22/h2-6,9H,7-8,10H2,1H3,(H,18,19)(H2,17,21,22). The zero-order valence-electron chi connectivity index (χ0n) is 13.9.